The molecule has 1 aliphatic heterocycles. The van der Waals surface area contributed by atoms with Crippen LogP contribution in [0.5, 0.6) is 0 Å². The van der Waals surface area contributed by atoms with E-state index >= 15 is 0 Å². The molecule has 0 bridgehead atoms. The molecule has 1 amide bonds. The fourth-order valence-corrected chi connectivity index (χ4v) is 2.98. The van der Waals surface area contributed by atoms with E-state index in [1.165, 1.54) is 12.8 Å². The number of carbonyl (C=O) groups excluding carboxylic acids is 1. The molecule has 2 unspecified atom stereocenters. The zero-order valence-electron chi connectivity index (χ0n) is 9.65. The predicted octanol–water partition coefficient (Wildman–Crippen LogP) is 0.648. The van der Waals surface area contributed by atoms with Crippen LogP contribution in [0.1, 0.15) is 38.5 Å². The lowest BCUT2D eigenvalue weighted by Gasteiger charge is -2.44. The molecule has 1 heterocycles. The molecule has 1 saturated heterocycles. The lowest BCUT2D eigenvalue weighted by molar-refractivity contribution is -0.151. The first kappa shape index (κ1) is 10.5. The van der Waals surface area contributed by atoms with Crippen LogP contribution in [-0.4, -0.2) is 41.6 Å². The summed E-state index contributed by atoms with van der Waals surface area (Å²) in [7, 11) is 0. The summed E-state index contributed by atoms with van der Waals surface area (Å²) in [5.41, 5.74) is 5.50. The van der Waals surface area contributed by atoms with Crippen molar-refractivity contribution in [2.24, 2.45) is 5.73 Å². The van der Waals surface area contributed by atoms with E-state index in [1.807, 2.05) is 4.90 Å². The van der Waals surface area contributed by atoms with Crippen LogP contribution in [0.3, 0.4) is 0 Å². The van der Waals surface area contributed by atoms with Gasteiger partial charge in [0.15, 0.2) is 0 Å². The minimum Gasteiger partial charge on any atom is -0.374 e. The number of amides is 1. The molecule has 3 fully saturated rings. The third-order valence-electron chi connectivity index (χ3n) is 4.21. The van der Waals surface area contributed by atoms with Gasteiger partial charge in [0.1, 0.15) is 0 Å². The first-order valence-electron chi connectivity index (χ1n) is 6.42. The van der Waals surface area contributed by atoms with Gasteiger partial charge in [0, 0.05) is 6.54 Å². The summed E-state index contributed by atoms with van der Waals surface area (Å²) in [6.07, 6.45) is 6.64. The van der Waals surface area contributed by atoms with Gasteiger partial charge in [0.05, 0.1) is 24.3 Å². The Labute approximate surface area is 96.1 Å². The topological polar surface area (TPSA) is 55.6 Å². The van der Waals surface area contributed by atoms with Crippen molar-refractivity contribution in [3.05, 3.63) is 0 Å². The number of rotatable bonds is 1. The maximum atomic E-state index is 12.3. The minimum atomic E-state index is -0.515. The summed E-state index contributed by atoms with van der Waals surface area (Å²) in [4.78, 5) is 14.3. The number of morpholine rings is 1. The van der Waals surface area contributed by atoms with Crippen molar-refractivity contribution in [1.82, 2.24) is 4.90 Å². The molecule has 4 heteroatoms. The lowest BCUT2D eigenvalue weighted by Crippen LogP contribution is -2.59. The van der Waals surface area contributed by atoms with E-state index in [2.05, 4.69) is 0 Å². The second-order valence-electron chi connectivity index (χ2n) is 5.42. The predicted molar refractivity (Wildman–Crippen MR) is 59.9 cm³/mol. The van der Waals surface area contributed by atoms with E-state index in [-0.39, 0.29) is 12.0 Å². The average Bonchev–Trinajstić information content (AvgIpc) is 3.07. The summed E-state index contributed by atoms with van der Waals surface area (Å²) >= 11 is 0. The molecule has 0 spiro atoms. The molecule has 2 saturated carbocycles. The summed E-state index contributed by atoms with van der Waals surface area (Å²) in [5.74, 6) is 0.174. The van der Waals surface area contributed by atoms with Gasteiger partial charge in [-0.3, -0.25) is 4.79 Å². The third-order valence-corrected chi connectivity index (χ3v) is 4.21. The molecule has 16 heavy (non-hydrogen) atoms. The van der Waals surface area contributed by atoms with Crippen LogP contribution in [0.2, 0.25) is 0 Å². The average molecular weight is 224 g/mol. The Morgan fingerprint density at radius 3 is 2.81 bits per heavy atom. The number of hydrogen-bond donors (Lipinski definition) is 1. The molecular weight excluding hydrogens is 204 g/mol. The van der Waals surface area contributed by atoms with Gasteiger partial charge in [-0.15, -0.1) is 0 Å². The third kappa shape index (κ3) is 1.64. The Morgan fingerprint density at radius 1 is 1.31 bits per heavy atom. The summed E-state index contributed by atoms with van der Waals surface area (Å²) in [6, 6.07) is 0.302. The largest absolute Gasteiger partial charge is 0.374 e. The summed E-state index contributed by atoms with van der Waals surface area (Å²) in [6.45, 7) is 1.42. The van der Waals surface area contributed by atoms with Crippen LogP contribution in [0, 0.1) is 0 Å². The Morgan fingerprint density at radius 2 is 2.06 bits per heavy atom. The van der Waals surface area contributed by atoms with Crippen molar-refractivity contribution in [3.8, 4) is 0 Å². The van der Waals surface area contributed by atoms with Crippen LogP contribution in [0.25, 0.3) is 0 Å². The molecule has 3 aliphatic rings. The van der Waals surface area contributed by atoms with Crippen molar-refractivity contribution in [2.45, 2.75) is 56.2 Å². The van der Waals surface area contributed by atoms with E-state index in [0.717, 1.165) is 32.2 Å². The fraction of sp³-hybridized carbons (Fsp3) is 0.917. The Bertz CT molecular complexity index is 299. The fourth-order valence-electron chi connectivity index (χ4n) is 2.98. The molecule has 3 rings (SSSR count). The van der Waals surface area contributed by atoms with Crippen LogP contribution in [0.4, 0.5) is 0 Å². The number of nitrogens with two attached hydrogens (primary N) is 1. The number of fused-ring (bicyclic) bond motifs is 1. The van der Waals surface area contributed by atoms with Gasteiger partial charge in [0.25, 0.3) is 0 Å². The number of carbonyl (C=O) groups is 1. The highest BCUT2D eigenvalue weighted by Gasteiger charge is 2.51. The number of hydrogen-bond acceptors (Lipinski definition) is 3. The molecule has 0 radical (unpaired) electrons. The zero-order valence-corrected chi connectivity index (χ0v) is 9.65. The van der Waals surface area contributed by atoms with Gasteiger partial charge in [-0.05, 0) is 25.7 Å². The normalized spacial score (nSPS) is 36.7. The molecule has 90 valence electrons. The van der Waals surface area contributed by atoms with Crippen molar-refractivity contribution in [3.63, 3.8) is 0 Å². The van der Waals surface area contributed by atoms with Crippen LogP contribution < -0.4 is 5.73 Å². The van der Waals surface area contributed by atoms with Crippen molar-refractivity contribution in [2.75, 3.05) is 13.2 Å². The molecule has 0 aromatic heterocycles. The molecule has 2 atom stereocenters. The Hall–Kier alpha value is -0.610. The van der Waals surface area contributed by atoms with E-state index in [4.69, 9.17) is 10.5 Å². The number of nitrogens with zero attached hydrogens (tertiary/aromatic N) is 1. The zero-order chi connectivity index (χ0) is 11.2. The van der Waals surface area contributed by atoms with Crippen molar-refractivity contribution >= 4 is 5.91 Å². The highest BCUT2D eigenvalue weighted by molar-refractivity contribution is 5.89. The van der Waals surface area contributed by atoms with Gasteiger partial charge in [-0.1, -0.05) is 12.8 Å². The molecular formula is C12H20N2O2. The van der Waals surface area contributed by atoms with E-state index in [9.17, 15) is 4.79 Å². The quantitative estimate of drug-likeness (QED) is 0.711. The highest BCUT2D eigenvalue weighted by Crippen LogP contribution is 2.37. The van der Waals surface area contributed by atoms with E-state index < -0.39 is 5.54 Å². The second kappa shape index (κ2) is 3.70. The minimum absolute atomic E-state index is 0.174. The van der Waals surface area contributed by atoms with Crippen molar-refractivity contribution in [1.29, 1.82) is 0 Å². The standard InChI is InChI=1S/C12H20N2O2/c13-12(5-6-12)11(15)14-7-8-16-10-4-2-1-3-9(10)14/h9-10H,1-8,13H2. The van der Waals surface area contributed by atoms with Gasteiger partial charge in [0.2, 0.25) is 5.91 Å². The number of ether oxygens (including phenoxy) is 1. The van der Waals surface area contributed by atoms with Gasteiger partial charge < -0.3 is 15.4 Å². The molecule has 4 nitrogen and oxygen atoms in total. The van der Waals surface area contributed by atoms with Crippen molar-refractivity contribution < 1.29 is 9.53 Å². The highest BCUT2D eigenvalue weighted by atomic mass is 16.5. The molecule has 2 N–H and O–H groups in total. The van der Waals surface area contributed by atoms with Crippen LogP contribution in [-0.2, 0) is 9.53 Å². The summed E-state index contributed by atoms with van der Waals surface area (Å²) < 4.78 is 5.76. The van der Waals surface area contributed by atoms with E-state index in [0.29, 0.717) is 12.6 Å². The van der Waals surface area contributed by atoms with Gasteiger partial charge >= 0.3 is 0 Å². The molecule has 0 aromatic carbocycles. The Balaban J connectivity index is 1.75. The van der Waals surface area contributed by atoms with E-state index in [1.54, 1.807) is 0 Å². The van der Waals surface area contributed by atoms with Crippen LogP contribution >= 0.6 is 0 Å². The monoisotopic (exact) mass is 224 g/mol. The van der Waals surface area contributed by atoms with Crippen LogP contribution in [0.15, 0.2) is 0 Å². The SMILES string of the molecule is NC1(C(=O)N2CCOC3CCCCC32)CC1. The smallest absolute Gasteiger partial charge is 0.243 e. The summed E-state index contributed by atoms with van der Waals surface area (Å²) in [5, 5.41) is 0. The lowest BCUT2D eigenvalue weighted by atomic mass is 9.89. The second-order valence-corrected chi connectivity index (χ2v) is 5.42. The molecule has 2 aliphatic carbocycles. The van der Waals surface area contributed by atoms with Gasteiger partial charge in [-0.25, -0.2) is 0 Å². The first-order valence-corrected chi connectivity index (χ1v) is 6.42. The maximum Gasteiger partial charge on any atom is 0.243 e. The Kier molecular flexibility index (Phi) is 2.44. The van der Waals surface area contributed by atoms with Gasteiger partial charge in [-0.2, -0.15) is 0 Å². The molecule has 0 aromatic rings. The first-order chi connectivity index (χ1) is 7.71. The maximum absolute atomic E-state index is 12.3.